The molecule has 2 heterocycles. The van der Waals surface area contributed by atoms with Crippen LogP contribution in [0.1, 0.15) is 17.5 Å². The molecule has 1 saturated heterocycles. The van der Waals surface area contributed by atoms with Crippen LogP contribution in [0, 0.1) is 0 Å². The molecule has 0 N–H and O–H groups in total. The fourth-order valence-electron chi connectivity index (χ4n) is 5.39. The average Bonchev–Trinajstić information content (AvgIpc) is 2.99. The molecule has 1 aliphatic heterocycles. The largest absolute Gasteiger partial charge is 1.00 e. The number of methoxy groups -OCH3 is 2. The fourth-order valence-corrected chi connectivity index (χ4v) is 6.71. The molecule has 4 aromatic rings. The summed E-state index contributed by atoms with van der Waals surface area (Å²) in [6, 6.07) is 22.2. The summed E-state index contributed by atoms with van der Waals surface area (Å²) in [5, 5.41) is 1.41. The molecule has 1 fully saturated rings. The molecule has 0 aliphatic carbocycles. The van der Waals surface area contributed by atoms with Crippen molar-refractivity contribution in [1.82, 2.24) is 14.5 Å². The van der Waals surface area contributed by atoms with E-state index >= 15 is 0 Å². The van der Waals surface area contributed by atoms with Gasteiger partial charge in [-0.2, -0.15) is 0 Å². The van der Waals surface area contributed by atoms with Crippen LogP contribution in [0.4, 0.5) is 0 Å². The van der Waals surface area contributed by atoms with Gasteiger partial charge in [0.15, 0.2) is 5.16 Å². The lowest BCUT2D eigenvalue weighted by Gasteiger charge is -2.42. The van der Waals surface area contributed by atoms with Crippen molar-refractivity contribution in [3.63, 3.8) is 0 Å². The number of likely N-dealkylation sites (N-methyl/N-ethyl adjacent to an activating group) is 1. The second kappa shape index (κ2) is 14.9. The summed E-state index contributed by atoms with van der Waals surface area (Å²) in [6.45, 7) is 6.97. The number of rotatable bonds is 11. The van der Waals surface area contributed by atoms with Crippen molar-refractivity contribution in [2.24, 2.45) is 0 Å². The Labute approximate surface area is 271 Å². The van der Waals surface area contributed by atoms with Crippen LogP contribution < -0.4 is 32.0 Å². The SMILES string of the molecule is COc1ccc(C[N+]2(C)CCN(CCCn3c(SCc4cccc(OC)c4)nc4ccc(Br)cc4c3=O)CC2)cc1.[Br-]. The Morgan fingerprint density at radius 1 is 0.929 bits per heavy atom. The molecule has 42 heavy (non-hydrogen) atoms. The third-order valence-electron chi connectivity index (χ3n) is 7.87. The van der Waals surface area contributed by atoms with Crippen LogP contribution in [0.3, 0.4) is 0 Å². The number of halogens is 2. The minimum Gasteiger partial charge on any atom is -1.00 e. The quantitative estimate of drug-likeness (QED) is 0.135. The molecule has 10 heteroatoms. The van der Waals surface area contributed by atoms with Crippen LogP contribution >= 0.6 is 27.7 Å². The van der Waals surface area contributed by atoms with E-state index in [1.165, 1.54) is 5.56 Å². The molecular formula is C32H38Br2N4O3S. The maximum Gasteiger partial charge on any atom is 0.262 e. The number of hydrogen-bond acceptors (Lipinski definition) is 6. The van der Waals surface area contributed by atoms with Gasteiger partial charge in [0.25, 0.3) is 5.56 Å². The Morgan fingerprint density at radius 3 is 2.38 bits per heavy atom. The minimum absolute atomic E-state index is 0. The molecule has 5 rings (SSSR count). The highest BCUT2D eigenvalue weighted by atomic mass is 79.9. The third kappa shape index (κ3) is 8.17. The van der Waals surface area contributed by atoms with E-state index in [2.05, 4.69) is 46.1 Å². The molecule has 7 nitrogen and oxygen atoms in total. The van der Waals surface area contributed by atoms with Crippen molar-refractivity contribution in [2.75, 3.05) is 54.0 Å². The Hall–Kier alpha value is -2.37. The predicted octanol–water partition coefficient (Wildman–Crippen LogP) is 2.83. The maximum atomic E-state index is 13.6. The van der Waals surface area contributed by atoms with Gasteiger partial charge in [0, 0.05) is 42.0 Å². The molecule has 0 spiro atoms. The molecule has 0 atom stereocenters. The van der Waals surface area contributed by atoms with E-state index in [4.69, 9.17) is 14.5 Å². The first-order valence-electron chi connectivity index (χ1n) is 14.0. The number of thioether (sulfide) groups is 1. The van der Waals surface area contributed by atoms with Crippen molar-refractivity contribution in [3.8, 4) is 11.5 Å². The van der Waals surface area contributed by atoms with E-state index in [1.54, 1.807) is 26.0 Å². The molecular weight excluding hydrogens is 680 g/mol. The van der Waals surface area contributed by atoms with E-state index in [9.17, 15) is 4.79 Å². The zero-order valence-electron chi connectivity index (χ0n) is 24.4. The first-order chi connectivity index (χ1) is 19.9. The number of benzene rings is 3. The van der Waals surface area contributed by atoms with Crippen molar-refractivity contribution in [3.05, 3.63) is 92.7 Å². The van der Waals surface area contributed by atoms with Crippen LogP contribution in [0.5, 0.6) is 11.5 Å². The molecule has 0 saturated carbocycles. The molecule has 0 bridgehead atoms. The van der Waals surface area contributed by atoms with E-state index in [0.717, 1.165) is 82.4 Å². The minimum atomic E-state index is 0. The number of piperazine rings is 1. The smallest absolute Gasteiger partial charge is 0.262 e. The zero-order valence-corrected chi connectivity index (χ0v) is 28.4. The monoisotopic (exact) mass is 716 g/mol. The maximum absolute atomic E-state index is 13.6. The zero-order chi connectivity index (χ0) is 28.8. The molecule has 1 aromatic heterocycles. The summed E-state index contributed by atoms with van der Waals surface area (Å²) in [5.74, 6) is 2.44. The Morgan fingerprint density at radius 2 is 1.67 bits per heavy atom. The number of ether oxygens (including phenoxy) is 2. The number of fused-ring (bicyclic) bond motifs is 1. The van der Waals surface area contributed by atoms with Gasteiger partial charge >= 0.3 is 0 Å². The summed E-state index contributed by atoms with van der Waals surface area (Å²) < 4.78 is 14.5. The molecule has 0 unspecified atom stereocenters. The van der Waals surface area contributed by atoms with Gasteiger partial charge in [-0.25, -0.2) is 4.98 Å². The van der Waals surface area contributed by atoms with E-state index < -0.39 is 0 Å². The molecule has 224 valence electrons. The van der Waals surface area contributed by atoms with Crippen molar-refractivity contribution >= 4 is 38.6 Å². The van der Waals surface area contributed by atoms with Gasteiger partial charge in [0.05, 0.1) is 45.3 Å². The summed E-state index contributed by atoms with van der Waals surface area (Å²) in [6.07, 6.45) is 0.899. The van der Waals surface area contributed by atoms with Gasteiger partial charge in [0.1, 0.15) is 18.0 Å². The summed E-state index contributed by atoms with van der Waals surface area (Å²) in [4.78, 5) is 21.1. The van der Waals surface area contributed by atoms with Gasteiger partial charge in [0.2, 0.25) is 0 Å². The molecule has 1 aliphatic rings. The number of aromatic nitrogens is 2. The molecule has 0 radical (unpaired) electrons. The average molecular weight is 719 g/mol. The first-order valence-corrected chi connectivity index (χ1v) is 15.8. The van der Waals surface area contributed by atoms with Crippen molar-refractivity contribution < 1.29 is 30.9 Å². The highest BCUT2D eigenvalue weighted by molar-refractivity contribution is 9.10. The summed E-state index contributed by atoms with van der Waals surface area (Å²) in [7, 11) is 5.73. The van der Waals surface area contributed by atoms with E-state index in [-0.39, 0.29) is 22.5 Å². The topological polar surface area (TPSA) is 56.6 Å². The van der Waals surface area contributed by atoms with Gasteiger partial charge in [-0.15, -0.1) is 0 Å². The van der Waals surface area contributed by atoms with Gasteiger partial charge in [-0.05, 0) is 66.6 Å². The number of nitrogens with zero attached hydrogens (tertiary/aromatic N) is 4. The lowest BCUT2D eigenvalue weighted by Crippen LogP contribution is -3.00. The Kier molecular flexibility index (Phi) is 11.5. The van der Waals surface area contributed by atoms with Gasteiger partial charge < -0.3 is 30.9 Å². The van der Waals surface area contributed by atoms with Gasteiger partial charge in [-0.3, -0.25) is 14.3 Å². The van der Waals surface area contributed by atoms with Crippen LogP contribution in [-0.4, -0.2) is 72.9 Å². The predicted molar refractivity (Wildman–Crippen MR) is 170 cm³/mol. The fraction of sp³-hybridized carbons (Fsp3) is 0.375. The second-order valence-corrected chi connectivity index (χ2v) is 12.8. The van der Waals surface area contributed by atoms with Crippen LogP contribution in [0.25, 0.3) is 10.9 Å². The lowest BCUT2D eigenvalue weighted by atomic mass is 10.1. The Balaban J connectivity index is 0.00000405. The van der Waals surface area contributed by atoms with Crippen LogP contribution in [-0.2, 0) is 18.8 Å². The summed E-state index contributed by atoms with van der Waals surface area (Å²) >= 11 is 5.12. The van der Waals surface area contributed by atoms with Crippen LogP contribution in [0.15, 0.2) is 81.2 Å². The van der Waals surface area contributed by atoms with Crippen molar-refractivity contribution in [2.45, 2.75) is 30.4 Å². The van der Waals surface area contributed by atoms with Crippen molar-refractivity contribution in [1.29, 1.82) is 0 Å². The van der Waals surface area contributed by atoms with Crippen LogP contribution in [0.2, 0.25) is 0 Å². The van der Waals surface area contributed by atoms with Gasteiger partial charge in [-0.1, -0.05) is 39.8 Å². The molecule has 0 amide bonds. The van der Waals surface area contributed by atoms with E-state index in [1.807, 2.05) is 53.1 Å². The Bertz CT molecular complexity index is 1540. The van der Waals surface area contributed by atoms with E-state index in [0.29, 0.717) is 17.7 Å². The highest BCUT2D eigenvalue weighted by Gasteiger charge is 2.28. The molecule has 3 aromatic carbocycles. The number of hydrogen-bond donors (Lipinski definition) is 0. The summed E-state index contributed by atoms with van der Waals surface area (Å²) in [5.41, 5.74) is 3.23. The second-order valence-electron chi connectivity index (χ2n) is 10.9. The standard InChI is InChI=1S/C32H38BrN4O3S.BrH/c1-37(22-24-8-11-27(39-2)12-9-24)18-16-35(17-19-37)14-5-15-36-31(38)29-21-26(33)10-13-30(29)34-32(36)41-23-25-6-4-7-28(20-25)40-3;/h4,6-13,20-21H,5,14-19,22-23H2,1-3H3;1H/q+1;/p-1. The highest BCUT2D eigenvalue weighted by Crippen LogP contribution is 2.26. The lowest BCUT2D eigenvalue weighted by molar-refractivity contribution is -0.926. The normalized spacial score (nSPS) is 14.9. The third-order valence-corrected chi connectivity index (χ3v) is 9.42. The number of quaternary nitrogens is 1. The first kappa shape index (κ1) is 32.5.